The molecule has 14 heavy (non-hydrogen) atoms. The zero-order chi connectivity index (χ0) is 9.97. The topological polar surface area (TPSA) is 30.9 Å². The summed E-state index contributed by atoms with van der Waals surface area (Å²) in [6.07, 6.45) is 12.2. The molecule has 1 aliphatic carbocycles. The van der Waals surface area contributed by atoms with Gasteiger partial charge in [0.1, 0.15) is 0 Å². The molecule has 0 radical (unpaired) electrons. The van der Waals surface area contributed by atoms with E-state index in [4.69, 9.17) is 5.73 Å². The van der Waals surface area contributed by atoms with Crippen molar-refractivity contribution in [1.82, 2.24) is 4.57 Å². The van der Waals surface area contributed by atoms with E-state index in [9.17, 15) is 0 Å². The van der Waals surface area contributed by atoms with Gasteiger partial charge >= 0.3 is 0 Å². The fourth-order valence-corrected chi connectivity index (χ4v) is 1.47. The van der Waals surface area contributed by atoms with Crippen LogP contribution in [0.15, 0.2) is 54.4 Å². The molecule has 1 aromatic rings. The first-order valence-corrected chi connectivity index (χ1v) is 4.73. The maximum Gasteiger partial charge on any atom is 0.0449 e. The second-order valence-electron chi connectivity index (χ2n) is 3.48. The Morgan fingerprint density at radius 3 is 2.71 bits per heavy atom. The maximum absolute atomic E-state index is 5.90. The highest BCUT2D eigenvalue weighted by molar-refractivity contribution is 5.62. The van der Waals surface area contributed by atoms with Crippen LogP contribution in [0.2, 0.25) is 0 Å². The Balaban J connectivity index is 2.38. The van der Waals surface area contributed by atoms with Crippen molar-refractivity contribution in [2.45, 2.75) is 13.0 Å². The van der Waals surface area contributed by atoms with Crippen molar-refractivity contribution in [3.63, 3.8) is 0 Å². The highest BCUT2D eigenvalue weighted by Crippen LogP contribution is 2.15. The van der Waals surface area contributed by atoms with Gasteiger partial charge in [0, 0.05) is 24.1 Å². The van der Waals surface area contributed by atoms with Crippen LogP contribution in [0.5, 0.6) is 0 Å². The molecule has 1 atom stereocenters. The highest BCUT2D eigenvalue weighted by Gasteiger charge is 2.04. The summed E-state index contributed by atoms with van der Waals surface area (Å²) in [5, 5.41) is 0. The third kappa shape index (κ3) is 1.70. The highest BCUT2D eigenvalue weighted by atomic mass is 14.9. The smallest absolute Gasteiger partial charge is 0.0449 e. The number of allylic oxidation sites excluding steroid dienone is 4. The van der Waals surface area contributed by atoms with Crippen molar-refractivity contribution in [2.24, 2.45) is 5.73 Å². The molecule has 0 aromatic carbocycles. The second kappa shape index (κ2) is 3.68. The van der Waals surface area contributed by atoms with Gasteiger partial charge in [-0.15, -0.1) is 0 Å². The van der Waals surface area contributed by atoms with Crippen LogP contribution in [0.3, 0.4) is 0 Å². The van der Waals surface area contributed by atoms with Gasteiger partial charge < -0.3 is 10.3 Å². The Hall–Kier alpha value is -1.54. The van der Waals surface area contributed by atoms with Gasteiger partial charge in [-0.05, 0) is 31.2 Å². The predicted octanol–water partition coefficient (Wildman–Crippen LogP) is 2.17. The minimum atomic E-state index is 0.0410. The lowest BCUT2D eigenvalue weighted by Gasteiger charge is -2.07. The van der Waals surface area contributed by atoms with E-state index in [0.717, 1.165) is 5.70 Å². The number of nitrogens with two attached hydrogens (primary N) is 1. The summed E-state index contributed by atoms with van der Waals surface area (Å²) in [4.78, 5) is 0. The Labute approximate surface area is 84.0 Å². The molecule has 1 aliphatic rings. The van der Waals surface area contributed by atoms with E-state index in [2.05, 4.69) is 23.6 Å². The van der Waals surface area contributed by atoms with Crippen molar-refractivity contribution in [3.8, 4) is 0 Å². The molecule has 72 valence electrons. The van der Waals surface area contributed by atoms with Gasteiger partial charge in [0.25, 0.3) is 0 Å². The lowest BCUT2D eigenvalue weighted by atomic mass is 10.1. The molecule has 0 fully saturated rings. The quantitative estimate of drug-likeness (QED) is 0.716. The third-order valence-electron chi connectivity index (χ3n) is 2.39. The van der Waals surface area contributed by atoms with Crippen LogP contribution in [0.4, 0.5) is 0 Å². The lowest BCUT2D eigenvalue weighted by Crippen LogP contribution is -2.17. The van der Waals surface area contributed by atoms with E-state index >= 15 is 0 Å². The van der Waals surface area contributed by atoms with Crippen molar-refractivity contribution in [3.05, 3.63) is 54.4 Å². The number of hydrogen-bond donors (Lipinski definition) is 1. The molecule has 2 nitrogen and oxygen atoms in total. The second-order valence-corrected chi connectivity index (χ2v) is 3.48. The molecule has 2 N–H and O–H groups in total. The first-order valence-electron chi connectivity index (χ1n) is 4.73. The van der Waals surface area contributed by atoms with E-state index < -0.39 is 0 Å². The molecule has 0 bridgehead atoms. The monoisotopic (exact) mass is 186 g/mol. The normalized spacial score (nSPS) is 21.4. The lowest BCUT2D eigenvalue weighted by molar-refractivity contribution is 0.950. The minimum absolute atomic E-state index is 0.0410. The average molecular weight is 186 g/mol. The first kappa shape index (κ1) is 9.03. The van der Waals surface area contributed by atoms with Crippen LogP contribution >= 0.6 is 0 Å². The Morgan fingerprint density at radius 2 is 2.00 bits per heavy atom. The molecule has 1 heterocycles. The SMILES string of the molecule is CC1=CC(n2cccc2)=CC=CC1N. The van der Waals surface area contributed by atoms with Crippen LogP contribution in [0, 0.1) is 0 Å². The molecule has 0 saturated heterocycles. The van der Waals surface area contributed by atoms with Gasteiger partial charge in [0.05, 0.1) is 0 Å². The predicted molar refractivity (Wildman–Crippen MR) is 59.6 cm³/mol. The fraction of sp³-hybridized carbons (Fsp3) is 0.167. The number of aromatic nitrogens is 1. The molecule has 0 saturated carbocycles. The number of hydrogen-bond acceptors (Lipinski definition) is 1. The summed E-state index contributed by atoms with van der Waals surface area (Å²) in [5.74, 6) is 0. The molecule has 0 spiro atoms. The standard InChI is InChI=1S/C12H14N2/c1-10-9-11(5-4-6-12(10)13)14-7-2-3-8-14/h2-9,12H,13H2,1H3. The maximum atomic E-state index is 5.90. The minimum Gasteiger partial charge on any atom is -0.324 e. The van der Waals surface area contributed by atoms with Crippen LogP contribution in [0.1, 0.15) is 6.92 Å². The molecular weight excluding hydrogens is 172 g/mol. The molecule has 0 amide bonds. The summed E-state index contributed by atoms with van der Waals surface area (Å²) >= 11 is 0. The summed E-state index contributed by atoms with van der Waals surface area (Å²) in [6, 6.07) is 4.07. The van der Waals surface area contributed by atoms with E-state index in [0.29, 0.717) is 0 Å². The van der Waals surface area contributed by atoms with E-state index in [1.54, 1.807) is 0 Å². The van der Waals surface area contributed by atoms with Crippen molar-refractivity contribution >= 4 is 5.70 Å². The molecule has 2 heteroatoms. The van der Waals surface area contributed by atoms with Gasteiger partial charge in [0.15, 0.2) is 0 Å². The van der Waals surface area contributed by atoms with Crippen LogP contribution in [-0.4, -0.2) is 10.6 Å². The van der Waals surface area contributed by atoms with Crippen molar-refractivity contribution in [2.75, 3.05) is 0 Å². The molecule has 0 aliphatic heterocycles. The van der Waals surface area contributed by atoms with Gasteiger partial charge in [-0.3, -0.25) is 0 Å². The van der Waals surface area contributed by atoms with Crippen LogP contribution in [-0.2, 0) is 0 Å². The largest absolute Gasteiger partial charge is 0.324 e. The Kier molecular flexibility index (Phi) is 2.37. The fourth-order valence-electron chi connectivity index (χ4n) is 1.47. The van der Waals surface area contributed by atoms with Crippen molar-refractivity contribution in [1.29, 1.82) is 0 Å². The number of rotatable bonds is 1. The Morgan fingerprint density at radius 1 is 1.29 bits per heavy atom. The summed E-state index contributed by atoms with van der Waals surface area (Å²) in [7, 11) is 0. The van der Waals surface area contributed by atoms with Gasteiger partial charge in [-0.25, -0.2) is 0 Å². The summed E-state index contributed by atoms with van der Waals surface area (Å²) < 4.78 is 2.08. The van der Waals surface area contributed by atoms with Gasteiger partial charge in [0.2, 0.25) is 0 Å². The molecule has 1 aromatic heterocycles. The zero-order valence-corrected chi connectivity index (χ0v) is 8.22. The Bertz CT molecular complexity index is 394. The van der Waals surface area contributed by atoms with E-state index in [1.807, 2.05) is 36.7 Å². The average Bonchev–Trinajstić information content (AvgIpc) is 2.63. The first-order chi connectivity index (χ1) is 6.77. The van der Waals surface area contributed by atoms with Crippen LogP contribution in [0.25, 0.3) is 5.70 Å². The summed E-state index contributed by atoms with van der Waals surface area (Å²) in [6.45, 7) is 2.05. The van der Waals surface area contributed by atoms with Crippen molar-refractivity contribution < 1.29 is 0 Å². The molecule has 2 rings (SSSR count). The van der Waals surface area contributed by atoms with Gasteiger partial charge in [-0.1, -0.05) is 17.7 Å². The molecular formula is C12H14N2. The number of nitrogens with zero attached hydrogens (tertiary/aromatic N) is 1. The van der Waals surface area contributed by atoms with Crippen LogP contribution < -0.4 is 5.73 Å². The summed E-state index contributed by atoms with van der Waals surface area (Å²) in [5.41, 5.74) is 8.23. The third-order valence-corrected chi connectivity index (χ3v) is 2.39. The van der Waals surface area contributed by atoms with E-state index in [1.165, 1.54) is 5.57 Å². The van der Waals surface area contributed by atoms with Gasteiger partial charge in [-0.2, -0.15) is 0 Å². The molecule has 1 unspecified atom stereocenters. The van der Waals surface area contributed by atoms with E-state index in [-0.39, 0.29) is 6.04 Å². The zero-order valence-electron chi connectivity index (χ0n) is 8.22.